The van der Waals surface area contributed by atoms with E-state index in [2.05, 4.69) is 72.2 Å². The molecule has 0 bridgehead atoms. The lowest BCUT2D eigenvalue weighted by Gasteiger charge is -2.11. The van der Waals surface area contributed by atoms with Gasteiger partial charge in [0.25, 0.3) is 0 Å². The van der Waals surface area contributed by atoms with E-state index in [0.29, 0.717) is 25.3 Å². The number of aromatic nitrogens is 1. The van der Waals surface area contributed by atoms with Crippen molar-refractivity contribution < 1.29 is 24.5 Å². The highest BCUT2D eigenvalue weighted by molar-refractivity contribution is 6.11. The minimum absolute atomic E-state index is 0.512. The lowest BCUT2D eigenvalue weighted by atomic mass is 10.1. The van der Waals surface area contributed by atoms with Crippen molar-refractivity contribution in [2.45, 2.75) is 13.5 Å². The molecular weight excluding hydrogens is 420 g/mol. The highest BCUT2D eigenvalue weighted by atomic mass is 16.5. The first-order chi connectivity index (χ1) is 15.9. The van der Waals surface area contributed by atoms with Gasteiger partial charge in [-0.25, -0.2) is 9.59 Å². The van der Waals surface area contributed by atoms with Gasteiger partial charge in [0.15, 0.2) is 0 Å². The van der Waals surface area contributed by atoms with Crippen LogP contribution in [0.15, 0.2) is 78.9 Å². The quantitative estimate of drug-likeness (QED) is 0.367. The second-order valence-electron chi connectivity index (χ2n) is 7.33. The summed E-state index contributed by atoms with van der Waals surface area (Å²) in [6.45, 7) is 4.05. The Morgan fingerprint density at radius 3 is 2.21 bits per heavy atom. The summed E-state index contributed by atoms with van der Waals surface area (Å²) in [6, 6.07) is 23.3. The van der Waals surface area contributed by atoms with Gasteiger partial charge in [0, 0.05) is 41.5 Å². The number of rotatable bonds is 7. The molecule has 0 saturated heterocycles. The fourth-order valence-corrected chi connectivity index (χ4v) is 3.63. The molecule has 0 aliphatic rings. The number of aliphatic carboxylic acids is 2. The molecule has 0 saturated carbocycles. The van der Waals surface area contributed by atoms with Crippen LogP contribution in [-0.2, 0) is 16.1 Å². The van der Waals surface area contributed by atoms with E-state index in [1.807, 2.05) is 6.07 Å². The highest BCUT2D eigenvalue weighted by Crippen LogP contribution is 2.36. The molecule has 0 spiro atoms. The van der Waals surface area contributed by atoms with Crippen LogP contribution < -0.4 is 10.5 Å². The monoisotopic (exact) mass is 446 g/mol. The van der Waals surface area contributed by atoms with Crippen molar-refractivity contribution in [3.05, 3.63) is 90.0 Å². The Kier molecular flexibility index (Phi) is 7.83. The van der Waals surface area contributed by atoms with Crippen molar-refractivity contribution in [3.8, 4) is 5.75 Å². The molecule has 0 amide bonds. The zero-order valence-corrected chi connectivity index (χ0v) is 18.3. The summed E-state index contributed by atoms with van der Waals surface area (Å²) in [7, 11) is 0. The molecule has 33 heavy (non-hydrogen) atoms. The standard InChI is InChI=1S/C22H22N2O.C4H4O4/c1-16-7-2-3-8-17(16)15-24-19-10-5-4-9-18(19)22-20(24)11-6-12-21(22)25-14-13-23;5-3(6)1-2-4(7)8/h2-12H,13-15,23H2,1H3;1-2H,(H,5,6)(H,7,8)/b;2-1+. The third-order valence-corrected chi connectivity index (χ3v) is 5.09. The molecule has 0 fully saturated rings. The zero-order valence-electron chi connectivity index (χ0n) is 18.3. The highest BCUT2D eigenvalue weighted by Gasteiger charge is 2.15. The third-order valence-electron chi connectivity index (χ3n) is 5.09. The minimum atomic E-state index is -1.26. The molecule has 170 valence electrons. The molecule has 0 radical (unpaired) electrons. The van der Waals surface area contributed by atoms with E-state index in [1.54, 1.807) is 0 Å². The Bertz CT molecular complexity index is 1290. The van der Waals surface area contributed by atoms with Crippen LogP contribution in [0.25, 0.3) is 21.8 Å². The van der Waals surface area contributed by atoms with Crippen molar-refractivity contribution in [1.82, 2.24) is 4.57 Å². The van der Waals surface area contributed by atoms with Crippen LogP contribution in [-0.4, -0.2) is 39.9 Å². The number of fused-ring (bicyclic) bond motifs is 3. The summed E-state index contributed by atoms with van der Waals surface area (Å²) >= 11 is 0. The second kappa shape index (κ2) is 11.0. The molecule has 0 atom stereocenters. The van der Waals surface area contributed by atoms with Gasteiger partial charge in [0.05, 0.1) is 5.52 Å². The normalized spacial score (nSPS) is 10.8. The number of aryl methyl sites for hydroxylation is 1. The van der Waals surface area contributed by atoms with E-state index < -0.39 is 11.9 Å². The second-order valence-corrected chi connectivity index (χ2v) is 7.33. The predicted molar refractivity (Wildman–Crippen MR) is 129 cm³/mol. The number of para-hydroxylation sites is 1. The summed E-state index contributed by atoms with van der Waals surface area (Å²) < 4.78 is 8.30. The van der Waals surface area contributed by atoms with E-state index in [1.165, 1.54) is 32.9 Å². The maximum atomic E-state index is 9.55. The van der Waals surface area contributed by atoms with E-state index in [-0.39, 0.29) is 0 Å². The number of benzene rings is 3. The van der Waals surface area contributed by atoms with Crippen molar-refractivity contribution in [1.29, 1.82) is 0 Å². The number of carbonyl (C=O) groups is 2. The molecule has 0 aliphatic heterocycles. The summed E-state index contributed by atoms with van der Waals surface area (Å²) in [5.74, 6) is -1.61. The number of ether oxygens (including phenoxy) is 1. The number of nitrogens with zero attached hydrogens (tertiary/aromatic N) is 1. The zero-order chi connectivity index (χ0) is 23.8. The van der Waals surface area contributed by atoms with Gasteiger partial charge in [-0.15, -0.1) is 0 Å². The van der Waals surface area contributed by atoms with E-state index in [9.17, 15) is 9.59 Å². The minimum Gasteiger partial charge on any atom is -0.492 e. The van der Waals surface area contributed by atoms with Gasteiger partial charge >= 0.3 is 11.9 Å². The van der Waals surface area contributed by atoms with Gasteiger partial charge < -0.3 is 25.3 Å². The van der Waals surface area contributed by atoms with Crippen LogP contribution in [0.1, 0.15) is 11.1 Å². The molecule has 1 aromatic heterocycles. The van der Waals surface area contributed by atoms with Crippen molar-refractivity contribution >= 4 is 33.7 Å². The van der Waals surface area contributed by atoms with Gasteiger partial charge in [-0.3, -0.25) is 0 Å². The van der Waals surface area contributed by atoms with E-state index in [4.69, 9.17) is 20.7 Å². The molecule has 1 heterocycles. The van der Waals surface area contributed by atoms with Gasteiger partial charge in [-0.2, -0.15) is 0 Å². The lowest BCUT2D eigenvalue weighted by Crippen LogP contribution is -2.10. The van der Waals surface area contributed by atoms with E-state index in [0.717, 1.165) is 12.3 Å². The Hall–Kier alpha value is -4.10. The average Bonchev–Trinajstić information content (AvgIpc) is 3.12. The average molecular weight is 447 g/mol. The third kappa shape index (κ3) is 5.78. The molecule has 4 rings (SSSR count). The number of hydrogen-bond donors (Lipinski definition) is 3. The fourth-order valence-electron chi connectivity index (χ4n) is 3.63. The topological polar surface area (TPSA) is 115 Å². The molecule has 7 nitrogen and oxygen atoms in total. The molecule has 3 aromatic carbocycles. The summed E-state index contributed by atoms with van der Waals surface area (Å²) in [5.41, 5.74) is 10.7. The summed E-state index contributed by atoms with van der Waals surface area (Å²) in [4.78, 5) is 19.1. The molecule has 7 heteroatoms. The molecule has 4 aromatic rings. The number of carboxylic acid groups (broad SMARTS) is 2. The Balaban J connectivity index is 0.000000331. The van der Waals surface area contributed by atoms with Crippen molar-refractivity contribution in [3.63, 3.8) is 0 Å². The van der Waals surface area contributed by atoms with E-state index >= 15 is 0 Å². The fraction of sp³-hybridized carbons (Fsp3) is 0.154. The number of hydrogen-bond acceptors (Lipinski definition) is 4. The molecule has 0 aliphatic carbocycles. The van der Waals surface area contributed by atoms with Crippen LogP contribution in [0, 0.1) is 6.92 Å². The summed E-state index contributed by atoms with van der Waals surface area (Å²) in [5, 5.41) is 18.0. The predicted octanol–water partition coefficient (Wildman–Crippen LogP) is 4.20. The molecule has 4 N–H and O–H groups in total. The van der Waals surface area contributed by atoms with Crippen LogP contribution in [0.2, 0.25) is 0 Å². The van der Waals surface area contributed by atoms with Crippen molar-refractivity contribution in [2.75, 3.05) is 13.2 Å². The largest absolute Gasteiger partial charge is 0.492 e. The van der Waals surface area contributed by atoms with Gasteiger partial charge in [-0.05, 0) is 36.2 Å². The molecular formula is C26H26N2O5. The smallest absolute Gasteiger partial charge is 0.328 e. The first-order valence-corrected chi connectivity index (χ1v) is 10.4. The Morgan fingerprint density at radius 1 is 0.909 bits per heavy atom. The Labute approximate surface area is 191 Å². The van der Waals surface area contributed by atoms with Gasteiger partial charge in [-0.1, -0.05) is 48.5 Å². The van der Waals surface area contributed by atoms with Gasteiger partial charge in [0.1, 0.15) is 12.4 Å². The van der Waals surface area contributed by atoms with Crippen LogP contribution >= 0.6 is 0 Å². The number of nitrogens with two attached hydrogens (primary N) is 1. The number of carboxylic acids is 2. The lowest BCUT2D eigenvalue weighted by molar-refractivity contribution is -0.134. The van der Waals surface area contributed by atoms with Gasteiger partial charge in [0.2, 0.25) is 0 Å². The first-order valence-electron chi connectivity index (χ1n) is 10.4. The maximum absolute atomic E-state index is 9.55. The molecule has 0 unspecified atom stereocenters. The SMILES string of the molecule is Cc1ccccc1Cn1c2ccccc2c2c(OCCN)cccc21.O=C(O)/C=C/C(=O)O. The Morgan fingerprint density at radius 2 is 1.55 bits per heavy atom. The van der Waals surface area contributed by atoms with Crippen LogP contribution in [0.4, 0.5) is 0 Å². The van der Waals surface area contributed by atoms with Crippen molar-refractivity contribution in [2.24, 2.45) is 5.73 Å². The maximum Gasteiger partial charge on any atom is 0.328 e. The van der Waals surface area contributed by atoms with Crippen LogP contribution in [0.5, 0.6) is 5.75 Å². The van der Waals surface area contributed by atoms with Crippen LogP contribution in [0.3, 0.4) is 0 Å². The summed E-state index contributed by atoms with van der Waals surface area (Å²) in [6.07, 6.45) is 1.12. The first kappa shape index (κ1) is 23.6.